The number of piperidine rings is 1. The average molecular weight is 500 g/mol. The van der Waals surface area contributed by atoms with Crippen molar-refractivity contribution < 1.29 is 4.79 Å². The molecule has 0 saturated carbocycles. The summed E-state index contributed by atoms with van der Waals surface area (Å²) in [6, 6.07) is 10.00. The van der Waals surface area contributed by atoms with Gasteiger partial charge in [0.25, 0.3) is 0 Å². The van der Waals surface area contributed by atoms with Crippen molar-refractivity contribution in [1.82, 2.24) is 24.5 Å². The van der Waals surface area contributed by atoms with Crippen molar-refractivity contribution in [2.24, 2.45) is 5.41 Å². The zero-order chi connectivity index (χ0) is 23.9. The molecule has 1 spiro atoms. The maximum absolute atomic E-state index is 13.0. The minimum absolute atomic E-state index is 0.0255. The number of aromatic nitrogens is 2. The molecule has 1 atom stereocenters. The molecule has 1 N–H and O–H groups in total. The fraction of sp³-hybridized carbons (Fsp3) is 0.462. The predicted octanol–water partition coefficient (Wildman–Crippen LogP) is 5.46. The smallest absolute Gasteiger partial charge is 0.317 e. The molecule has 2 aliphatic rings. The Morgan fingerprint density at radius 3 is 2.74 bits per heavy atom. The van der Waals surface area contributed by atoms with E-state index in [4.69, 9.17) is 23.2 Å². The third kappa shape index (κ3) is 4.77. The Hall–Kier alpha value is -2.28. The van der Waals surface area contributed by atoms with Crippen molar-refractivity contribution in [2.75, 3.05) is 26.2 Å². The van der Waals surface area contributed by atoms with Crippen LogP contribution in [0.3, 0.4) is 0 Å². The van der Waals surface area contributed by atoms with Gasteiger partial charge >= 0.3 is 6.03 Å². The van der Waals surface area contributed by atoms with Crippen LogP contribution in [0.4, 0.5) is 4.79 Å². The van der Waals surface area contributed by atoms with E-state index in [0.29, 0.717) is 16.6 Å². The molecule has 0 bridgehead atoms. The number of urea groups is 1. The number of rotatable bonds is 4. The van der Waals surface area contributed by atoms with Gasteiger partial charge in [-0.1, -0.05) is 29.3 Å². The molecule has 8 heteroatoms. The minimum Gasteiger partial charge on any atom is -0.334 e. The zero-order valence-electron chi connectivity index (χ0n) is 19.8. The van der Waals surface area contributed by atoms with Gasteiger partial charge in [0.2, 0.25) is 0 Å². The number of amides is 2. The van der Waals surface area contributed by atoms with Crippen LogP contribution in [0.1, 0.15) is 41.8 Å². The van der Waals surface area contributed by atoms with Gasteiger partial charge in [-0.25, -0.2) is 9.78 Å². The normalized spacial score (nSPS) is 21.0. The van der Waals surface area contributed by atoms with Gasteiger partial charge in [-0.05, 0) is 75.0 Å². The number of nitrogens with one attached hydrogen (secondary N) is 1. The van der Waals surface area contributed by atoms with Crippen molar-refractivity contribution >= 4 is 34.9 Å². The molecule has 2 saturated heterocycles. The first kappa shape index (κ1) is 23.5. The second-order valence-electron chi connectivity index (χ2n) is 9.94. The number of imidazole rings is 1. The summed E-state index contributed by atoms with van der Waals surface area (Å²) in [5.74, 6) is 0. The number of benzene rings is 1. The third-order valence-corrected chi connectivity index (χ3v) is 8.21. The summed E-state index contributed by atoms with van der Waals surface area (Å²) in [4.78, 5) is 22.1. The minimum atomic E-state index is 0.0255. The molecule has 2 fully saturated rings. The molecule has 34 heavy (non-hydrogen) atoms. The summed E-state index contributed by atoms with van der Waals surface area (Å²) < 4.78 is 2.08. The van der Waals surface area contributed by atoms with Crippen molar-refractivity contribution in [1.29, 1.82) is 0 Å². The van der Waals surface area contributed by atoms with Crippen LogP contribution in [0.25, 0.3) is 5.65 Å². The molecule has 2 aromatic heterocycles. The number of halogens is 2. The van der Waals surface area contributed by atoms with Crippen LogP contribution in [0.15, 0.2) is 36.5 Å². The molecule has 2 aliphatic heterocycles. The zero-order valence-corrected chi connectivity index (χ0v) is 21.3. The Kier molecular flexibility index (Phi) is 6.49. The van der Waals surface area contributed by atoms with E-state index < -0.39 is 0 Å². The van der Waals surface area contributed by atoms with Gasteiger partial charge < -0.3 is 14.6 Å². The molecule has 0 radical (unpaired) electrons. The van der Waals surface area contributed by atoms with Gasteiger partial charge in [0.1, 0.15) is 5.65 Å². The maximum atomic E-state index is 13.0. The molecule has 5 rings (SSSR count). The van der Waals surface area contributed by atoms with Gasteiger partial charge in [-0.3, -0.25) is 4.90 Å². The summed E-state index contributed by atoms with van der Waals surface area (Å²) in [5, 5.41) is 4.33. The van der Waals surface area contributed by atoms with E-state index in [1.165, 1.54) is 12.0 Å². The van der Waals surface area contributed by atoms with Crippen molar-refractivity contribution in [3.05, 3.63) is 69.1 Å². The maximum Gasteiger partial charge on any atom is 0.317 e. The highest BCUT2D eigenvalue weighted by molar-refractivity contribution is 6.42. The third-order valence-electron chi connectivity index (χ3n) is 7.47. The summed E-state index contributed by atoms with van der Waals surface area (Å²) in [6.45, 7) is 9.13. The highest BCUT2D eigenvalue weighted by Gasteiger charge is 2.42. The summed E-state index contributed by atoms with van der Waals surface area (Å²) in [7, 11) is 0. The van der Waals surface area contributed by atoms with Crippen molar-refractivity contribution in [2.45, 2.75) is 46.2 Å². The molecule has 3 aromatic rings. The molecule has 6 nitrogen and oxygen atoms in total. The first-order valence-electron chi connectivity index (χ1n) is 12.0. The lowest BCUT2D eigenvalue weighted by atomic mass is 9.79. The van der Waals surface area contributed by atoms with Crippen molar-refractivity contribution in [3.8, 4) is 0 Å². The largest absolute Gasteiger partial charge is 0.334 e. The SMILES string of the molecule is Cc1nc2cc(CNC(=O)N3CCCC4(CCN(Cc5ccc(Cl)c(Cl)c5)C4)C3)ccn2c1C. The van der Waals surface area contributed by atoms with Gasteiger partial charge in [0, 0.05) is 50.0 Å². The van der Waals surface area contributed by atoms with E-state index in [2.05, 4.69) is 38.7 Å². The second-order valence-corrected chi connectivity index (χ2v) is 10.8. The van der Waals surface area contributed by atoms with Crippen LogP contribution in [-0.4, -0.2) is 51.4 Å². The van der Waals surface area contributed by atoms with Crippen LogP contribution in [0.5, 0.6) is 0 Å². The molecule has 1 unspecified atom stereocenters. The van der Waals surface area contributed by atoms with E-state index in [-0.39, 0.29) is 11.4 Å². The number of nitrogens with zero attached hydrogens (tertiary/aromatic N) is 4. The number of carbonyl (C=O) groups is 1. The molecular weight excluding hydrogens is 469 g/mol. The van der Waals surface area contributed by atoms with Gasteiger partial charge in [0.15, 0.2) is 0 Å². The van der Waals surface area contributed by atoms with Crippen LogP contribution >= 0.6 is 23.2 Å². The highest BCUT2D eigenvalue weighted by atomic mass is 35.5. The Bertz CT molecular complexity index is 1230. The van der Waals surface area contributed by atoms with Gasteiger partial charge in [-0.15, -0.1) is 0 Å². The number of likely N-dealkylation sites (tertiary alicyclic amines) is 2. The lowest BCUT2D eigenvalue weighted by Crippen LogP contribution is -2.50. The van der Waals surface area contributed by atoms with E-state index in [0.717, 1.165) is 68.2 Å². The Morgan fingerprint density at radius 1 is 1.06 bits per heavy atom. The topological polar surface area (TPSA) is 52.9 Å². The number of hydrogen-bond donors (Lipinski definition) is 1. The number of carbonyl (C=O) groups excluding carboxylic acids is 1. The quantitative estimate of drug-likeness (QED) is 0.518. The van der Waals surface area contributed by atoms with Crippen molar-refractivity contribution in [3.63, 3.8) is 0 Å². The number of pyridine rings is 1. The number of fused-ring (bicyclic) bond motifs is 1. The average Bonchev–Trinajstić information content (AvgIpc) is 3.33. The van der Waals surface area contributed by atoms with E-state index in [9.17, 15) is 4.79 Å². The van der Waals surface area contributed by atoms with Gasteiger partial charge in [0.05, 0.1) is 15.7 Å². The first-order chi connectivity index (χ1) is 16.3. The van der Waals surface area contributed by atoms with Crippen LogP contribution < -0.4 is 5.32 Å². The van der Waals surface area contributed by atoms with E-state index in [1.807, 2.05) is 36.2 Å². The molecule has 0 aliphatic carbocycles. The molecule has 1 aromatic carbocycles. The molecule has 4 heterocycles. The fourth-order valence-electron chi connectivity index (χ4n) is 5.50. The summed E-state index contributed by atoms with van der Waals surface area (Å²) in [5.41, 5.74) is 5.52. The number of aryl methyl sites for hydroxylation is 2. The Labute approximate surface area is 210 Å². The summed E-state index contributed by atoms with van der Waals surface area (Å²) in [6.07, 6.45) is 5.37. The fourth-order valence-corrected chi connectivity index (χ4v) is 5.82. The molecular formula is C26H31Cl2N5O. The second kappa shape index (κ2) is 9.40. The van der Waals surface area contributed by atoms with E-state index >= 15 is 0 Å². The van der Waals surface area contributed by atoms with Crippen LogP contribution in [0, 0.1) is 19.3 Å². The lowest BCUT2D eigenvalue weighted by molar-refractivity contribution is 0.107. The highest BCUT2D eigenvalue weighted by Crippen LogP contribution is 2.39. The van der Waals surface area contributed by atoms with Crippen LogP contribution in [-0.2, 0) is 13.1 Å². The molecule has 180 valence electrons. The number of hydrogen-bond acceptors (Lipinski definition) is 3. The Balaban J connectivity index is 1.18. The standard InChI is InChI=1S/C26H31Cl2N5O/c1-18-19(2)33-10-6-20(13-24(33)30-18)14-29-25(34)32-9-3-7-26(17-32)8-11-31(16-26)15-21-4-5-22(27)23(28)12-21/h4-6,10,12-13H,3,7-9,11,14-17H2,1-2H3,(H,29,34). The first-order valence-corrected chi connectivity index (χ1v) is 12.7. The van der Waals surface area contributed by atoms with E-state index in [1.54, 1.807) is 0 Å². The van der Waals surface area contributed by atoms with Gasteiger partial charge in [-0.2, -0.15) is 0 Å². The lowest BCUT2D eigenvalue weighted by Gasteiger charge is -2.40. The molecule has 2 amide bonds. The summed E-state index contributed by atoms with van der Waals surface area (Å²) >= 11 is 12.3. The van der Waals surface area contributed by atoms with Crippen LogP contribution in [0.2, 0.25) is 10.0 Å². The monoisotopic (exact) mass is 499 g/mol. The predicted molar refractivity (Wildman–Crippen MR) is 136 cm³/mol. The Morgan fingerprint density at radius 2 is 1.91 bits per heavy atom.